The van der Waals surface area contributed by atoms with E-state index in [0.717, 1.165) is 12.9 Å². The zero-order valence-corrected chi connectivity index (χ0v) is 7.80. The van der Waals surface area contributed by atoms with E-state index in [4.69, 9.17) is 4.74 Å². The smallest absolute Gasteiger partial charge is 0.146 e. The molecule has 0 aliphatic heterocycles. The first-order valence-corrected chi connectivity index (χ1v) is 4.08. The minimum absolute atomic E-state index is 0.477. The fraction of sp³-hybridized carbons (Fsp3) is 0.667. The van der Waals surface area contributed by atoms with Crippen LogP contribution in [0.1, 0.15) is 13.8 Å². The third-order valence-corrected chi connectivity index (χ3v) is 1.17. The summed E-state index contributed by atoms with van der Waals surface area (Å²) in [6.07, 6.45) is 0.745. The fourth-order valence-corrected chi connectivity index (χ4v) is 0.620. The van der Waals surface area contributed by atoms with Crippen LogP contribution in [-0.4, -0.2) is 26.2 Å². The summed E-state index contributed by atoms with van der Waals surface area (Å²) >= 11 is 0. The van der Waals surface area contributed by atoms with Crippen LogP contribution in [0.3, 0.4) is 0 Å². The lowest BCUT2D eigenvalue weighted by atomic mass is 10.2. The van der Waals surface area contributed by atoms with Gasteiger partial charge in [0.1, 0.15) is 6.29 Å². The van der Waals surface area contributed by atoms with Crippen LogP contribution in [0, 0.1) is 5.92 Å². The van der Waals surface area contributed by atoms with E-state index >= 15 is 0 Å². The summed E-state index contributed by atoms with van der Waals surface area (Å²) in [7, 11) is 0. The number of ether oxygens (including phenoxy) is 1. The molecule has 1 N–H and O–H groups in total. The van der Waals surface area contributed by atoms with Crippen LogP contribution in [0.15, 0.2) is 12.2 Å². The molecule has 0 saturated heterocycles. The highest BCUT2D eigenvalue weighted by molar-refractivity contribution is 5.72. The van der Waals surface area contributed by atoms with Crippen molar-refractivity contribution in [2.45, 2.75) is 13.8 Å². The van der Waals surface area contributed by atoms with Crippen molar-refractivity contribution >= 4 is 6.29 Å². The summed E-state index contributed by atoms with van der Waals surface area (Å²) in [6, 6.07) is 0. The van der Waals surface area contributed by atoms with Crippen molar-refractivity contribution in [2.24, 2.45) is 5.92 Å². The number of hydrogen-bond donors (Lipinski definition) is 1. The lowest BCUT2D eigenvalue weighted by Crippen LogP contribution is -2.22. The highest BCUT2D eigenvalue weighted by Gasteiger charge is 1.93. The molecule has 0 aromatic rings. The molecule has 3 heteroatoms. The Bertz CT molecular complexity index is 143. The Balaban J connectivity index is 3.11. The van der Waals surface area contributed by atoms with Crippen molar-refractivity contribution in [1.29, 1.82) is 0 Å². The average molecular weight is 171 g/mol. The van der Waals surface area contributed by atoms with E-state index in [1.165, 1.54) is 0 Å². The molecule has 0 saturated carbocycles. The Hall–Kier alpha value is -0.670. The standard InChI is InChI=1S/C9H17NO2/c1-8(2)6-12-7-10-4-9(3)5-11/h5,8,10H,3-4,6-7H2,1-2H3. The highest BCUT2D eigenvalue weighted by Crippen LogP contribution is 1.90. The van der Waals surface area contributed by atoms with Crippen LogP contribution in [0.25, 0.3) is 0 Å². The first-order chi connectivity index (χ1) is 5.66. The van der Waals surface area contributed by atoms with E-state index in [0.29, 0.717) is 24.8 Å². The molecule has 0 bridgehead atoms. The van der Waals surface area contributed by atoms with Gasteiger partial charge in [0.25, 0.3) is 0 Å². The van der Waals surface area contributed by atoms with Crippen molar-refractivity contribution in [3.63, 3.8) is 0 Å². The molecule has 70 valence electrons. The molecule has 0 aliphatic carbocycles. The molecule has 3 nitrogen and oxygen atoms in total. The average Bonchev–Trinajstić information content (AvgIpc) is 2.03. The lowest BCUT2D eigenvalue weighted by molar-refractivity contribution is -0.104. The van der Waals surface area contributed by atoms with Gasteiger partial charge in [-0.15, -0.1) is 0 Å². The van der Waals surface area contributed by atoms with Crippen LogP contribution in [0.5, 0.6) is 0 Å². The SMILES string of the molecule is C=C(C=O)CNCOCC(C)C. The minimum atomic E-state index is 0.477. The predicted octanol–water partition coefficient (Wildman–Crippen LogP) is 0.961. The molecule has 0 atom stereocenters. The molecule has 12 heavy (non-hydrogen) atoms. The van der Waals surface area contributed by atoms with Gasteiger partial charge in [0.05, 0.1) is 13.3 Å². The summed E-state index contributed by atoms with van der Waals surface area (Å²) in [6.45, 7) is 9.41. The van der Waals surface area contributed by atoms with Gasteiger partial charge in [-0.25, -0.2) is 0 Å². The summed E-state index contributed by atoms with van der Waals surface area (Å²) < 4.78 is 5.22. The monoisotopic (exact) mass is 171 g/mol. The van der Waals surface area contributed by atoms with Crippen LogP contribution in [0.2, 0.25) is 0 Å². The molecule has 0 aliphatic rings. The second kappa shape index (κ2) is 7.00. The largest absolute Gasteiger partial charge is 0.366 e. The second-order valence-electron chi connectivity index (χ2n) is 3.11. The normalized spacial score (nSPS) is 10.2. The van der Waals surface area contributed by atoms with Crippen molar-refractivity contribution in [3.8, 4) is 0 Å². The zero-order valence-electron chi connectivity index (χ0n) is 7.80. The van der Waals surface area contributed by atoms with E-state index < -0.39 is 0 Å². The minimum Gasteiger partial charge on any atom is -0.366 e. The van der Waals surface area contributed by atoms with Gasteiger partial charge in [-0.05, 0) is 11.5 Å². The Morgan fingerprint density at radius 3 is 2.83 bits per heavy atom. The number of aldehydes is 1. The van der Waals surface area contributed by atoms with Crippen molar-refractivity contribution < 1.29 is 9.53 Å². The highest BCUT2D eigenvalue weighted by atomic mass is 16.5. The van der Waals surface area contributed by atoms with E-state index in [-0.39, 0.29) is 0 Å². The van der Waals surface area contributed by atoms with Gasteiger partial charge < -0.3 is 4.74 Å². The summed E-state index contributed by atoms with van der Waals surface area (Å²) in [4.78, 5) is 10.1. The van der Waals surface area contributed by atoms with Gasteiger partial charge in [0.15, 0.2) is 0 Å². The van der Waals surface area contributed by atoms with Crippen LogP contribution in [-0.2, 0) is 9.53 Å². The third-order valence-electron chi connectivity index (χ3n) is 1.17. The summed E-state index contributed by atoms with van der Waals surface area (Å²) in [5, 5.41) is 2.94. The number of carbonyl (C=O) groups excluding carboxylic acids is 1. The Kier molecular flexibility index (Phi) is 6.61. The van der Waals surface area contributed by atoms with Gasteiger partial charge in [-0.1, -0.05) is 20.4 Å². The van der Waals surface area contributed by atoms with E-state index in [9.17, 15) is 4.79 Å². The molecule has 0 rings (SSSR count). The number of hydrogen-bond acceptors (Lipinski definition) is 3. The van der Waals surface area contributed by atoms with Gasteiger partial charge in [0, 0.05) is 6.54 Å². The fourth-order valence-electron chi connectivity index (χ4n) is 0.620. The molecule has 0 radical (unpaired) electrons. The van der Waals surface area contributed by atoms with Gasteiger partial charge in [-0.2, -0.15) is 0 Å². The van der Waals surface area contributed by atoms with Gasteiger partial charge in [0.2, 0.25) is 0 Å². The number of rotatable bonds is 7. The molecule has 0 aromatic heterocycles. The maximum Gasteiger partial charge on any atom is 0.146 e. The summed E-state index contributed by atoms with van der Waals surface area (Å²) in [5.41, 5.74) is 0.545. The zero-order chi connectivity index (χ0) is 9.40. The second-order valence-corrected chi connectivity index (χ2v) is 3.11. The Labute approximate surface area is 73.8 Å². The molecular weight excluding hydrogens is 154 g/mol. The van der Waals surface area contributed by atoms with Gasteiger partial charge >= 0.3 is 0 Å². The molecule has 0 aromatic carbocycles. The van der Waals surface area contributed by atoms with E-state index in [1.807, 2.05) is 0 Å². The number of nitrogens with one attached hydrogen (secondary N) is 1. The maximum atomic E-state index is 10.1. The van der Waals surface area contributed by atoms with Crippen molar-refractivity contribution in [2.75, 3.05) is 19.9 Å². The quantitative estimate of drug-likeness (QED) is 0.268. The van der Waals surface area contributed by atoms with E-state index in [2.05, 4.69) is 25.7 Å². The Morgan fingerprint density at radius 1 is 1.67 bits per heavy atom. The first-order valence-electron chi connectivity index (χ1n) is 4.08. The topological polar surface area (TPSA) is 38.3 Å². The van der Waals surface area contributed by atoms with E-state index in [1.54, 1.807) is 0 Å². The molecule has 0 amide bonds. The number of carbonyl (C=O) groups is 1. The lowest BCUT2D eigenvalue weighted by Gasteiger charge is -2.07. The third kappa shape index (κ3) is 7.44. The van der Waals surface area contributed by atoms with Gasteiger partial charge in [-0.3, -0.25) is 10.1 Å². The van der Waals surface area contributed by atoms with Crippen molar-refractivity contribution in [1.82, 2.24) is 5.32 Å². The molecule has 0 spiro atoms. The molecule has 0 heterocycles. The molecule has 0 fully saturated rings. The predicted molar refractivity (Wildman–Crippen MR) is 48.9 cm³/mol. The van der Waals surface area contributed by atoms with Crippen LogP contribution < -0.4 is 5.32 Å². The van der Waals surface area contributed by atoms with Crippen LogP contribution >= 0.6 is 0 Å². The molecular formula is C9H17NO2. The van der Waals surface area contributed by atoms with Crippen molar-refractivity contribution in [3.05, 3.63) is 12.2 Å². The first kappa shape index (κ1) is 11.3. The maximum absolute atomic E-state index is 10.1. The Morgan fingerprint density at radius 2 is 2.33 bits per heavy atom. The van der Waals surface area contributed by atoms with Crippen LogP contribution in [0.4, 0.5) is 0 Å². The molecule has 0 unspecified atom stereocenters. The summed E-state index contributed by atoms with van der Waals surface area (Å²) in [5.74, 6) is 0.543.